The first-order chi connectivity index (χ1) is 8.56. The van der Waals surface area contributed by atoms with Gasteiger partial charge in [0.25, 0.3) is 5.91 Å². The summed E-state index contributed by atoms with van der Waals surface area (Å²) in [6, 6.07) is 4.52. The van der Waals surface area contributed by atoms with E-state index in [1.54, 1.807) is 12.1 Å². The normalized spacial score (nSPS) is 11.3. The molecule has 1 heterocycles. The van der Waals surface area contributed by atoms with Crippen molar-refractivity contribution in [3.8, 4) is 0 Å². The lowest BCUT2D eigenvalue weighted by Crippen LogP contribution is -2.42. The maximum absolute atomic E-state index is 11.9. The molecule has 0 spiro atoms. The van der Waals surface area contributed by atoms with Crippen LogP contribution in [0.3, 0.4) is 0 Å². The Balaban J connectivity index is 2.69. The first-order valence-corrected chi connectivity index (χ1v) is 6.24. The van der Waals surface area contributed by atoms with Crippen molar-refractivity contribution in [1.29, 1.82) is 0 Å². The van der Waals surface area contributed by atoms with Crippen LogP contribution < -0.4 is 16.6 Å². The molecule has 0 unspecified atom stereocenters. The summed E-state index contributed by atoms with van der Waals surface area (Å²) in [6.07, 6.45) is 1.82. The van der Waals surface area contributed by atoms with Crippen molar-refractivity contribution in [3.05, 3.63) is 34.2 Å². The van der Waals surface area contributed by atoms with Gasteiger partial charge in [0.15, 0.2) is 0 Å². The fourth-order valence-corrected chi connectivity index (χ4v) is 1.80. The minimum atomic E-state index is -0.279. The monoisotopic (exact) mass is 251 g/mol. The molecule has 0 saturated carbocycles. The van der Waals surface area contributed by atoms with Crippen molar-refractivity contribution in [2.45, 2.75) is 26.7 Å². The third kappa shape index (κ3) is 3.43. The van der Waals surface area contributed by atoms with Crippen LogP contribution in [-0.2, 0) is 0 Å². The summed E-state index contributed by atoms with van der Waals surface area (Å²) in [5, 5.41) is 2.83. The van der Waals surface area contributed by atoms with E-state index >= 15 is 0 Å². The molecule has 0 aliphatic heterocycles. The molecule has 0 saturated heterocycles. The number of nitrogens with two attached hydrogens (primary N) is 1. The van der Waals surface area contributed by atoms with Crippen LogP contribution in [0.2, 0.25) is 0 Å². The van der Waals surface area contributed by atoms with Crippen LogP contribution in [0.1, 0.15) is 37.2 Å². The number of hydrogen-bond acceptors (Lipinski definition) is 3. The topological polar surface area (TPSA) is 88.0 Å². The molecule has 18 heavy (non-hydrogen) atoms. The van der Waals surface area contributed by atoms with Crippen LogP contribution in [0.15, 0.2) is 23.0 Å². The molecule has 5 heteroatoms. The first-order valence-electron chi connectivity index (χ1n) is 6.24. The van der Waals surface area contributed by atoms with Crippen LogP contribution >= 0.6 is 0 Å². The summed E-state index contributed by atoms with van der Waals surface area (Å²) >= 11 is 0. The van der Waals surface area contributed by atoms with Gasteiger partial charge in [-0.1, -0.05) is 19.9 Å². The third-order valence-electron chi connectivity index (χ3n) is 3.57. The number of rotatable bonds is 6. The lowest BCUT2D eigenvalue weighted by molar-refractivity contribution is 0.0923. The van der Waals surface area contributed by atoms with Gasteiger partial charge in [-0.15, -0.1) is 0 Å². The Morgan fingerprint density at radius 1 is 1.39 bits per heavy atom. The van der Waals surface area contributed by atoms with Gasteiger partial charge in [0, 0.05) is 12.6 Å². The molecular weight excluding hydrogens is 230 g/mol. The maximum atomic E-state index is 11.9. The standard InChI is InChI=1S/C13H21N3O2/c1-3-13(4-2,8-14)9-15-12(18)10-6-5-7-11(17)16-10/h5-7H,3-4,8-9,14H2,1-2H3,(H,15,18)(H,16,17). The zero-order valence-electron chi connectivity index (χ0n) is 11.0. The molecule has 0 aromatic carbocycles. The van der Waals surface area contributed by atoms with E-state index in [0.29, 0.717) is 13.1 Å². The molecule has 0 aliphatic carbocycles. The number of carbonyl (C=O) groups is 1. The van der Waals surface area contributed by atoms with E-state index < -0.39 is 0 Å². The molecule has 1 amide bonds. The average molecular weight is 251 g/mol. The minimum Gasteiger partial charge on any atom is -0.350 e. The molecule has 0 radical (unpaired) electrons. The van der Waals surface area contributed by atoms with Gasteiger partial charge in [-0.05, 0) is 30.9 Å². The Morgan fingerprint density at radius 3 is 2.56 bits per heavy atom. The summed E-state index contributed by atoms with van der Waals surface area (Å²) in [5.74, 6) is -0.271. The van der Waals surface area contributed by atoms with Crippen molar-refractivity contribution < 1.29 is 4.79 Å². The van der Waals surface area contributed by atoms with Crippen molar-refractivity contribution in [3.63, 3.8) is 0 Å². The number of nitrogens with one attached hydrogen (secondary N) is 2. The Labute approximate surface area is 107 Å². The van der Waals surface area contributed by atoms with E-state index in [1.807, 2.05) is 0 Å². The van der Waals surface area contributed by atoms with E-state index in [0.717, 1.165) is 12.8 Å². The van der Waals surface area contributed by atoms with Crippen LogP contribution in [0, 0.1) is 5.41 Å². The number of carbonyl (C=O) groups excluding carboxylic acids is 1. The zero-order valence-corrected chi connectivity index (χ0v) is 11.0. The molecular formula is C13H21N3O2. The van der Waals surface area contributed by atoms with E-state index in [1.165, 1.54) is 6.07 Å². The second kappa shape index (κ2) is 6.35. The third-order valence-corrected chi connectivity index (χ3v) is 3.57. The Hall–Kier alpha value is -1.62. The second-order valence-electron chi connectivity index (χ2n) is 4.52. The van der Waals surface area contributed by atoms with Crippen molar-refractivity contribution in [1.82, 2.24) is 10.3 Å². The predicted octanol–water partition coefficient (Wildman–Crippen LogP) is 0.870. The summed E-state index contributed by atoms with van der Waals surface area (Å²) in [4.78, 5) is 25.5. The molecule has 1 aromatic rings. The van der Waals surface area contributed by atoms with E-state index in [4.69, 9.17) is 5.73 Å². The van der Waals surface area contributed by atoms with Crippen LogP contribution in [0.5, 0.6) is 0 Å². The molecule has 5 nitrogen and oxygen atoms in total. The number of hydrogen-bond donors (Lipinski definition) is 3. The van der Waals surface area contributed by atoms with Gasteiger partial charge in [0.05, 0.1) is 0 Å². The summed E-state index contributed by atoms with van der Waals surface area (Å²) in [5.41, 5.74) is 5.70. The van der Waals surface area contributed by atoms with Gasteiger partial charge in [-0.25, -0.2) is 0 Å². The highest BCUT2D eigenvalue weighted by Crippen LogP contribution is 2.23. The van der Waals surface area contributed by atoms with Gasteiger partial charge in [0.2, 0.25) is 5.56 Å². The summed E-state index contributed by atoms with van der Waals surface area (Å²) in [7, 11) is 0. The smallest absolute Gasteiger partial charge is 0.267 e. The van der Waals surface area contributed by atoms with Crippen molar-refractivity contribution in [2.75, 3.05) is 13.1 Å². The predicted molar refractivity (Wildman–Crippen MR) is 71.5 cm³/mol. The highest BCUT2D eigenvalue weighted by atomic mass is 16.2. The Morgan fingerprint density at radius 2 is 2.06 bits per heavy atom. The molecule has 100 valence electrons. The summed E-state index contributed by atoms with van der Waals surface area (Å²) < 4.78 is 0. The van der Waals surface area contributed by atoms with Gasteiger partial charge < -0.3 is 16.0 Å². The van der Waals surface area contributed by atoms with Crippen LogP contribution in [-0.4, -0.2) is 24.0 Å². The maximum Gasteiger partial charge on any atom is 0.267 e. The Bertz CT molecular complexity index is 441. The highest BCUT2D eigenvalue weighted by Gasteiger charge is 2.25. The average Bonchev–Trinajstić information content (AvgIpc) is 2.40. The van der Waals surface area contributed by atoms with Crippen molar-refractivity contribution in [2.24, 2.45) is 11.1 Å². The first kappa shape index (κ1) is 14.4. The minimum absolute atomic E-state index is 0.0647. The molecule has 1 rings (SSSR count). The van der Waals surface area contributed by atoms with Gasteiger partial charge in [0.1, 0.15) is 5.69 Å². The summed E-state index contributed by atoms with van der Waals surface area (Å²) in [6.45, 7) is 5.18. The van der Waals surface area contributed by atoms with E-state index in [-0.39, 0.29) is 22.6 Å². The number of aromatic amines is 1. The fraction of sp³-hybridized carbons (Fsp3) is 0.538. The molecule has 0 atom stereocenters. The lowest BCUT2D eigenvalue weighted by Gasteiger charge is -2.30. The van der Waals surface area contributed by atoms with Crippen molar-refractivity contribution >= 4 is 5.91 Å². The van der Waals surface area contributed by atoms with Gasteiger partial charge >= 0.3 is 0 Å². The molecule has 0 aliphatic rings. The number of amides is 1. The second-order valence-corrected chi connectivity index (χ2v) is 4.52. The lowest BCUT2D eigenvalue weighted by atomic mass is 9.82. The quantitative estimate of drug-likeness (QED) is 0.701. The Kier molecular flexibility index (Phi) is 5.09. The number of H-pyrrole nitrogens is 1. The van der Waals surface area contributed by atoms with Crippen LogP contribution in [0.4, 0.5) is 0 Å². The molecule has 0 bridgehead atoms. The van der Waals surface area contributed by atoms with E-state index in [2.05, 4.69) is 24.1 Å². The highest BCUT2D eigenvalue weighted by molar-refractivity contribution is 5.92. The SMILES string of the molecule is CCC(CC)(CN)CNC(=O)c1cccc(=O)[nH]1. The molecule has 1 aromatic heterocycles. The largest absolute Gasteiger partial charge is 0.350 e. The fourth-order valence-electron chi connectivity index (χ4n) is 1.80. The van der Waals surface area contributed by atoms with Gasteiger partial charge in [-0.3, -0.25) is 9.59 Å². The molecule has 4 N–H and O–H groups in total. The van der Waals surface area contributed by atoms with Crippen LogP contribution in [0.25, 0.3) is 0 Å². The number of pyridine rings is 1. The van der Waals surface area contributed by atoms with E-state index in [9.17, 15) is 9.59 Å². The number of aromatic nitrogens is 1. The zero-order chi connectivity index (χ0) is 13.6. The van der Waals surface area contributed by atoms with Gasteiger partial charge in [-0.2, -0.15) is 0 Å². The molecule has 0 fully saturated rings.